The number of aromatic nitrogens is 5. The molecule has 2 atom stereocenters. The average molecular weight is 523 g/mol. The molecule has 2 aliphatic rings. The minimum atomic E-state index is -3.86. The highest BCUT2D eigenvalue weighted by molar-refractivity contribution is 7.89. The largest absolute Gasteiger partial charge is 0.367 e. The number of nitrogens with one attached hydrogen (secondary N) is 3. The van der Waals surface area contributed by atoms with Gasteiger partial charge in [0.1, 0.15) is 22.3 Å². The highest BCUT2D eigenvalue weighted by atomic mass is 32.2. The Morgan fingerprint density at radius 3 is 2.65 bits per heavy atom. The van der Waals surface area contributed by atoms with Gasteiger partial charge in [-0.1, -0.05) is 6.42 Å². The molecule has 37 heavy (non-hydrogen) atoms. The van der Waals surface area contributed by atoms with E-state index in [-0.39, 0.29) is 23.0 Å². The lowest BCUT2D eigenvalue weighted by Crippen LogP contribution is -2.56. The van der Waals surface area contributed by atoms with Crippen LogP contribution >= 0.6 is 0 Å². The quantitative estimate of drug-likeness (QED) is 0.345. The molecule has 3 N–H and O–H groups in total. The molecule has 6 rings (SSSR count). The summed E-state index contributed by atoms with van der Waals surface area (Å²) in [4.78, 5) is 13.0. The van der Waals surface area contributed by atoms with Crippen LogP contribution in [0, 0.1) is 12.7 Å². The summed E-state index contributed by atoms with van der Waals surface area (Å²) in [6.07, 6.45) is 7.70. The molecule has 0 unspecified atom stereocenters. The molecule has 0 spiro atoms. The molecule has 6 heterocycles. The Morgan fingerprint density at radius 2 is 1.92 bits per heavy atom. The summed E-state index contributed by atoms with van der Waals surface area (Å²) >= 11 is 0. The summed E-state index contributed by atoms with van der Waals surface area (Å²) in [6.45, 7) is 1.93. The first-order chi connectivity index (χ1) is 17.9. The van der Waals surface area contributed by atoms with Crippen LogP contribution in [0.2, 0.25) is 0 Å². The number of piperidine rings is 2. The second kappa shape index (κ2) is 9.34. The fourth-order valence-electron chi connectivity index (χ4n) is 5.56. The van der Waals surface area contributed by atoms with E-state index in [0.29, 0.717) is 30.3 Å². The number of H-pyrrole nitrogens is 1. The van der Waals surface area contributed by atoms with Crippen LogP contribution in [0.25, 0.3) is 10.9 Å². The van der Waals surface area contributed by atoms with Gasteiger partial charge in [0.15, 0.2) is 5.82 Å². The normalized spacial score (nSPS) is 22.2. The van der Waals surface area contributed by atoms with Crippen LogP contribution in [-0.4, -0.2) is 56.0 Å². The van der Waals surface area contributed by atoms with E-state index in [1.165, 1.54) is 6.20 Å². The molecule has 192 valence electrons. The molecule has 2 aliphatic heterocycles. The van der Waals surface area contributed by atoms with E-state index in [2.05, 4.69) is 30.8 Å². The summed E-state index contributed by atoms with van der Waals surface area (Å²) in [5.74, 6) is 1.30. The van der Waals surface area contributed by atoms with Crippen LogP contribution in [0.1, 0.15) is 37.8 Å². The van der Waals surface area contributed by atoms with Gasteiger partial charge in [-0.05, 0) is 50.8 Å². The standard InChI is InChI=1S/C25H27FN8O2S/c1-15-8-24(33-32-15)30-23-12-22-21(6-3-7-28-22)25(31-23)29-17-10-18-4-2-5-19(11-17)34(18)37(35,36)20-9-16(26)13-27-14-20/h3,6-9,12-14,17-19H,2,4-5,10-11H2,1H3,(H3,29,30,31,32,33)/t18-,19-/m0/s1. The lowest BCUT2D eigenvalue weighted by Gasteiger charge is -2.47. The number of pyridine rings is 3. The van der Waals surface area contributed by atoms with Crippen molar-refractivity contribution < 1.29 is 12.8 Å². The lowest BCUT2D eigenvalue weighted by molar-refractivity contribution is 0.116. The van der Waals surface area contributed by atoms with Gasteiger partial charge in [0.2, 0.25) is 10.0 Å². The fraction of sp³-hybridized carbons (Fsp3) is 0.360. The molecule has 2 saturated heterocycles. The molecule has 2 fully saturated rings. The van der Waals surface area contributed by atoms with Gasteiger partial charge in [-0.15, -0.1) is 0 Å². The van der Waals surface area contributed by atoms with Crippen LogP contribution in [0.3, 0.4) is 0 Å². The summed E-state index contributed by atoms with van der Waals surface area (Å²) in [5.41, 5.74) is 1.72. The number of hydrogen-bond donors (Lipinski definition) is 3. The number of halogens is 1. The van der Waals surface area contributed by atoms with E-state index in [0.717, 1.165) is 48.1 Å². The summed E-state index contributed by atoms with van der Waals surface area (Å²) in [6, 6.07) is 8.31. The Morgan fingerprint density at radius 1 is 1.11 bits per heavy atom. The predicted octanol–water partition coefficient (Wildman–Crippen LogP) is 4.13. The van der Waals surface area contributed by atoms with Gasteiger partial charge in [-0.3, -0.25) is 15.1 Å². The highest BCUT2D eigenvalue weighted by Crippen LogP contribution is 2.39. The van der Waals surface area contributed by atoms with Gasteiger partial charge >= 0.3 is 0 Å². The third-order valence-electron chi connectivity index (χ3n) is 7.07. The number of anilines is 3. The number of sulfonamides is 1. The molecule has 0 amide bonds. The maximum Gasteiger partial charge on any atom is 0.245 e. The smallest absolute Gasteiger partial charge is 0.245 e. The zero-order valence-electron chi connectivity index (χ0n) is 20.2. The van der Waals surface area contributed by atoms with Gasteiger partial charge in [-0.25, -0.2) is 17.8 Å². The predicted molar refractivity (Wildman–Crippen MR) is 137 cm³/mol. The SMILES string of the molecule is Cc1cc(Nc2cc3ncccc3c(NC3C[C@@H]4CCC[C@@H](C3)N4S(=O)(=O)c3cncc(F)c3)n2)n[nH]1. The van der Waals surface area contributed by atoms with E-state index >= 15 is 0 Å². The molecular weight excluding hydrogens is 495 g/mol. The Hall–Kier alpha value is -3.64. The maximum atomic E-state index is 13.8. The van der Waals surface area contributed by atoms with Crippen molar-refractivity contribution in [2.45, 2.75) is 62.0 Å². The number of aromatic amines is 1. The molecule has 0 aromatic carbocycles. The van der Waals surface area contributed by atoms with Crippen molar-refractivity contribution in [3.63, 3.8) is 0 Å². The zero-order valence-corrected chi connectivity index (χ0v) is 21.0. The molecule has 0 saturated carbocycles. The van der Waals surface area contributed by atoms with Crippen molar-refractivity contribution in [2.75, 3.05) is 10.6 Å². The third-order valence-corrected chi connectivity index (χ3v) is 9.04. The van der Waals surface area contributed by atoms with Crippen molar-refractivity contribution in [3.8, 4) is 0 Å². The summed E-state index contributed by atoms with van der Waals surface area (Å²) < 4.78 is 42.3. The second-order valence-corrected chi connectivity index (χ2v) is 11.6. The average Bonchev–Trinajstić information content (AvgIpc) is 3.27. The molecule has 12 heteroatoms. The molecular formula is C25H27FN8O2S. The van der Waals surface area contributed by atoms with Crippen LogP contribution in [-0.2, 0) is 10.0 Å². The first kappa shape index (κ1) is 23.7. The van der Waals surface area contributed by atoms with Crippen molar-refractivity contribution in [3.05, 3.63) is 60.4 Å². The molecule has 10 nitrogen and oxygen atoms in total. The van der Waals surface area contributed by atoms with E-state index < -0.39 is 15.8 Å². The van der Waals surface area contributed by atoms with Crippen LogP contribution in [0.15, 0.2) is 53.8 Å². The maximum absolute atomic E-state index is 13.8. The minimum absolute atomic E-state index is 0.0196. The van der Waals surface area contributed by atoms with Gasteiger partial charge in [0.25, 0.3) is 0 Å². The molecule has 4 aromatic rings. The fourth-order valence-corrected chi connectivity index (χ4v) is 7.43. The number of nitrogens with zero attached hydrogens (tertiary/aromatic N) is 5. The minimum Gasteiger partial charge on any atom is -0.367 e. The Balaban J connectivity index is 1.28. The highest BCUT2D eigenvalue weighted by Gasteiger charge is 2.45. The van der Waals surface area contributed by atoms with Gasteiger partial charge < -0.3 is 10.6 Å². The number of fused-ring (bicyclic) bond motifs is 3. The number of hydrogen-bond acceptors (Lipinski definition) is 8. The Kier molecular flexibility index (Phi) is 6.00. The monoisotopic (exact) mass is 522 g/mol. The van der Waals surface area contributed by atoms with Crippen molar-refractivity contribution in [2.24, 2.45) is 0 Å². The number of rotatable bonds is 6. The Labute approximate surface area is 213 Å². The second-order valence-electron chi connectivity index (χ2n) is 9.71. The van der Waals surface area contributed by atoms with Gasteiger partial charge in [0.05, 0.1) is 11.7 Å². The summed E-state index contributed by atoms with van der Waals surface area (Å²) in [5, 5.41) is 14.8. The first-order valence-corrected chi connectivity index (χ1v) is 13.8. The van der Waals surface area contributed by atoms with Crippen LogP contribution in [0.5, 0.6) is 0 Å². The van der Waals surface area contributed by atoms with Crippen LogP contribution < -0.4 is 10.6 Å². The zero-order chi connectivity index (χ0) is 25.6. The third kappa shape index (κ3) is 4.62. The van der Waals surface area contributed by atoms with Gasteiger partial charge in [-0.2, -0.15) is 9.40 Å². The molecule has 0 radical (unpaired) electrons. The first-order valence-electron chi connectivity index (χ1n) is 12.3. The van der Waals surface area contributed by atoms with E-state index in [1.54, 1.807) is 10.5 Å². The molecule has 2 bridgehead atoms. The van der Waals surface area contributed by atoms with Crippen LogP contribution in [0.4, 0.5) is 21.8 Å². The van der Waals surface area contributed by atoms with Crippen molar-refractivity contribution >= 4 is 38.4 Å². The van der Waals surface area contributed by atoms with Crippen molar-refractivity contribution in [1.29, 1.82) is 0 Å². The van der Waals surface area contributed by atoms with Gasteiger partial charge in [0, 0.05) is 53.7 Å². The van der Waals surface area contributed by atoms with Crippen molar-refractivity contribution in [1.82, 2.24) is 29.5 Å². The molecule has 0 aliphatic carbocycles. The van der Waals surface area contributed by atoms with E-state index in [4.69, 9.17) is 4.98 Å². The summed E-state index contributed by atoms with van der Waals surface area (Å²) in [7, 11) is -3.86. The van der Waals surface area contributed by atoms with E-state index in [1.807, 2.05) is 31.2 Å². The number of aryl methyl sites for hydroxylation is 1. The molecule has 4 aromatic heterocycles. The Bertz CT molecular complexity index is 1550. The lowest BCUT2D eigenvalue weighted by atomic mass is 9.84. The topological polar surface area (TPSA) is 129 Å². The van der Waals surface area contributed by atoms with E-state index in [9.17, 15) is 12.8 Å².